The maximum Gasteiger partial charge on any atom is 0.0455 e. The minimum absolute atomic E-state index is 0.657. The van der Waals surface area contributed by atoms with Crippen LogP contribution in [0, 0.1) is 12.8 Å². The van der Waals surface area contributed by atoms with Crippen molar-refractivity contribution < 1.29 is 0 Å². The molecule has 0 aliphatic carbocycles. The summed E-state index contributed by atoms with van der Waals surface area (Å²) in [5.41, 5.74) is 2.22. The minimum Gasteiger partial charge on any atom is -0.385 e. The Morgan fingerprint density at radius 1 is 1.31 bits per heavy atom. The zero-order valence-electron chi connectivity index (χ0n) is 10.3. The number of anilines is 1. The Bertz CT molecular complexity index is 326. The van der Waals surface area contributed by atoms with Gasteiger partial charge in [0, 0.05) is 17.3 Å². The Labute approximate surface area is 103 Å². The molecule has 0 heterocycles. The van der Waals surface area contributed by atoms with Crippen LogP contribution in [0.4, 0.5) is 5.69 Å². The van der Waals surface area contributed by atoms with Gasteiger partial charge in [0.05, 0.1) is 0 Å². The molecule has 0 spiro atoms. The topological polar surface area (TPSA) is 24.1 Å². The highest BCUT2D eigenvalue weighted by Crippen LogP contribution is 2.20. The Hall–Kier alpha value is -0.730. The molecule has 90 valence electrons. The molecule has 1 aromatic rings. The molecule has 0 bridgehead atoms. The molecule has 3 heteroatoms. The van der Waals surface area contributed by atoms with E-state index < -0.39 is 0 Å². The molecule has 0 fully saturated rings. The molecule has 1 rings (SSSR count). The van der Waals surface area contributed by atoms with Gasteiger partial charge in [-0.05, 0) is 44.1 Å². The smallest absolute Gasteiger partial charge is 0.0455 e. The van der Waals surface area contributed by atoms with Crippen LogP contribution in [0.3, 0.4) is 0 Å². The van der Waals surface area contributed by atoms with Gasteiger partial charge >= 0.3 is 0 Å². The second kappa shape index (κ2) is 6.77. The number of benzene rings is 1. The predicted octanol–water partition coefficient (Wildman–Crippen LogP) is 3.31. The molecule has 0 aliphatic heterocycles. The quantitative estimate of drug-likeness (QED) is 0.797. The fourth-order valence-electron chi connectivity index (χ4n) is 1.61. The first-order valence-electron chi connectivity index (χ1n) is 5.82. The average molecular weight is 241 g/mol. The van der Waals surface area contributed by atoms with Crippen molar-refractivity contribution >= 4 is 17.3 Å². The van der Waals surface area contributed by atoms with Crippen molar-refractivity contribution in [1.82, 2.24) is 5.32 Å². The van der Waals surface area contributed by atoms with Crippen LogP contribution in [-0.4, -0.2) is 20.1 Å². The number of hydrogen-bond donors (Lipinski definition) is 2. The zero-order chi connectivity index (χ0) is 12.0. The summed E-state index contributed by atoms with van der Waals surface area (Å²) in [6.45, 7) is 6.26. The third-order valence-electron chi connectivity index (χ3n) is 2.84. The number of rotatable bonds is 6. The summed E-state index contributed by atoms with van der Waals surface area (Å²) in [6.07, 6.45) is 1.17. The Kier molecular flexibility index (Phi) is 5.64. The minimum atomic E-state index is 0.657. The van der Waals surface area contributed by atoms with Crippen LogP contribution in [0.15, 0.2) is 18.2 Å². The highest BCUT2D eigenvalue weighted by Gasteiger charge is 2.05. The standard InChI is InChI=1S/C13H21ClN2/c1-4-11(8-15-3)9-16-12-6-5-10(2)13(14)7-12/h5-7,11,15-16H,4,8-9H2,1-3H3. The van der Waals surface area contributed by atoms with Crippen molar-refractivity contribution in [3.8, 4) is 0 Å². The summed E-state index contributed by atoms with van der Waals surface area (Å²) in [5, 5.41) is 7.46. The van der Waals surface area contributed by atoms with Crippen molar-refractivity contribution in [3.05, 3.63) is 28.8 Å². The van der Waals surface area contributed by atoms with Gasteiger partial charge in [0.15, 0.2) is 0 Å². The molecule has 2 nitrogen and oxygen atoms in total. The van der Waals surface area contributed by atoms with Gasteiger partial charge in [-0.25, -0.2) is 0 Å². The van der Waals surface area contributed by atoms with E-state index in [1.165, 1.54) is 6.42 Å². The number of nitrogens with one attached hydrogen (secondary N) is 2. The van der Waals surface area contributed by atoms with Gasteiger partial charge < -0.3 is 10.6 Å². The molecule has 0 aliphatic rings. The van der Waals surface area contributed by atoms with Crippen LogP contribution in [0.2, 0.25) is 5.02 Å². The van der Waals surface area contributed by atoms with E-state index in [1.807, 2.05) is 26.1 Å². The van der Waals surface area contributed by atoms with Crippen molar-refractivity contribution in [3.63, 3.8) is 0 Å². The van der Waals surface area contributed by atoms with Gasteiger partial charge in [0.25, 0.3) is 0 Å². The van der Waals surface area contributed by atoms with E-state index in [1.54, 1.807) is 0 Å². The van der Waals surface area contributed by atoms with E-state index in [4.69, 9.17) is 11.6 Å². The molecule has 16 heavy (non-hydrogen) atoms. The predicted molar refractivity (Wildman–Crippen MR) is 72.4 cm³/mol. The van der Waals surface area contributed by atoms with Gasteiger partial charge in [-0.3, -0.25) is 0 Å². The van der Waals surface area contributed by atoms with Gasteiger partial charge in [0.1, 0.15) is 0 Å². The van der Waals surface area contributed by atoms with Gasteiger partial charge in [0.2, 0.25) is 0 Å². The summed E-state index contributed by atoms with van der Waals surface area (Å²) in [5.74, 6) is 0.657. The van der Waals surface area contributed by atoms with Crippen LogP contribution in [-0.2, 0) is 0 Å². The molecule has 0 amide bonds. The summed E-state index contributed by atoms with van der Waals surface area (Å²) in [7, 11) is 1.99. The third-order valence-corrected chi connectivity index (χ3v) is 3.24. The van der Waals surface area contributed by atoms with Crippen LogP contribution < -0.4 is 10.6 Å². The summed E-state index contributed by atoms with van der Waals surface area (Å²) >= 11 is 6.07. The molecular weight excluding hydrogens is 220 g/mol. The van der Waals surface area contributed by atoms with E-state index in [-0.39, 0.29) is 0 Å². The summed E-state index contributed by atoms with van der Waals surface area (Å²) < 4.78 is 0. The van der Waals surface area contributed by atoms with E-state index >= 15 is 0 Å². The maximum absolute atomic E-state index is 6.07. The van der Waals surface area contributed by atoms with Crippen molar-refractivity contribution in [1.29, 1.82) is 0 Å². The second-order valence-corrected chi connectivity index (χ2v) is 4.58. The van der Waals surface area contributed by atoms with Crippen LogP contribution in [0.1, 0.15) is 18.9 Å². The molecular formula is C13H21ClN2. The fourth-order valence-corrected chi connectivity index (χ4v) is 1.80. The number of halogens is 1. The highest BCUT2D eigenvalue weighted by molar-refractivity contribution is 6.31. The third kappa shape index (κ3) is 4.03. The molecule has 0 radical (unpaired) electrons. The van der Waals surface area contributed by atoms with Crippen molar-refractivity contribution in [2.45, 2.75) is 20.3 Å². The largest absolute Gasteiger partial charge is 0.385 e. The molecule has 0 saturated carbocycles. The summed E-state index contributed by atoms with van der Waals surface area (Å²) in [6, 6.07) is 6.11. The number of aryl methyl sites for hydroxylation is 1. The molecule has 0 saturated heterocycles. The monoisotopic (exact) mass is 240 g/mol. The maximum atomic E-state index is 6.07. The Balaban J connectivity index is 2.50. The lowest BCUT2D eigenvalue weighted by Crippen LogP contribution is -2.24. The van der Waals surface area contributed by atoms with Crippen LogP contribution in [0.25, 0.3) is 0 Å². The molecule has 1 aromatic carbocycles. The van der Waals surface area contributed by atoms with Crippen molar-refractivity contribution in [2.75, 3.05) is 25.5 Å². The molecule has 2 N–H and O–H groups in total. The van der Waals surface area contributed by atoms with Gasteiger partial charge in [-0.2, -0.15) is 0 Å². The first-order valence-corrected chi connectivity index (χ1v) is 6.19. The summed E-state index contributed by atoms with van der Waals surface area (Å²) in [4.78, 5) is 0. The SMILES string of the molecule is CCC(CNC)CNc1ccc(C)c(Cl)c1. The normalized spacial score (nSPS) is 12.5. The lowest BCUT2D eigenvalue weighted by Gasteiger charge is -2.16. The zero-order valence-corrected chi connectivity index (χ0v) is 11.1. The van der Waals surface area contributed by atoms with E-state index in [2.05, 4.69) is 23.6 Å². The van der Waals surface area contributed by atoms with Gasteiger partial charge in [-0.1, -0.05) is 31.0 Å². The fraction of sp³-hybridized carbons (Fsp3) is 0.538. The molecule has 1 unspecified atom stereocenters. The molecule has 1 atom stereocenters. The van der Waals surface area contributed by atoms with E-state index in [9.17, 15) is 0 Å². The molecule has 0 aromatic heterocycles. The Morgan fingerprint density at radius 2 is 2.06 bits per heavy atom. The lowest BCUT2D eigenvalue weighted by atomic mass is 10.1. The highest BCUT2D eigenvalue weighted by atomic mass is 35.5. The first kappa shape index (κ1) is 13.3. The second-order valence-electron chi connectivity index (χ2n) is 4.18. The van der Waals surface area contributed by atoms with Crippen molar-refractivity contribution in [2.24, 2.45) is 5.92 Å². The Morgan fingerprint density at radius 3 is 2.62 bits per heavy atom. The van der Waals surface area contributed by atoms with E-state index in [0.29, 0.717) is 5.92 Å². The van der Waals surface area contributed by atoms with E-state index in [0.717, 1.165) is 29.4 Å². The first-order chi connectivity index (χ1) is 7.67. The van der Waals surface area contributed by atoms with Crippen LogP contribution >= 0.6 is 11.6 Å². The average Bonchev–Trinajstić information content (AvgIpc) is 2.28. The van der Waals surface area contributed by atoms with Gasteiger partial charge in [-0.15, -0.1) is 0 Å². The lowest BCUT2D eigenvalue weighted by molar-refractivity contribution is 0.507. The van der Waals surface area contributed by atoms with Crippen LogP contribution in [0.5, 0.6) is 0 Å². The number of hydrogen-bond acceptors (Lipinski definition) is 2.